The van der Waals surface area contributed by atoms with Crippen LogP contribution in [0.25, 0.3) is 0 Å². The van der Waals surface area contributed by atoms with Crippen molar-refractivity contribution in [3.05, 3.63) is 47.0 Å². The second kappa shape index (κ2) is 7.24. The van der Waals surface area contributed by atoms with E-state index in [1.165, 1.54) is 11.6 Å². The highest BCUT2D eigenvalue weighted by Gasteiger charge is 2.12. The molecule has 0 amide bonds. The maximum absolute atomic E-state index is 13.2. The molecule has 1 aromatic rings. The van der Waals surface area contributed by atoms with Gasteiger partial charge in [0.15, 0.2) is 11.6 Å². The molecule has 0 aliphatic rings. The number of hydrogen-bond acceptors (Lipinski definition) is 2. The number of halogens is 2. The van der Waals surface area contributed by atoms with Crippen LogP contribution in [-0.4, -0.2) is 20.3 Å². The van der Waals surface area contributed by atoms with Crippen molar-refractivity contribution >= 4 is 0 Å². The lowest BCUT2D eigenvalue weighted by atomic mass is 10.1. The van der Waals surface area contributed by atoms with Crippen molar-refractivity contribution < 1.29 is 13.5 Å². The topological polar surface area (TPSA) is 21.3 Å². The average molecular weight is 255 g/mol. The summed E-state index contributed by atoms with van der Waals surface area (Å²) < 4.78 is 31.1. The molecule has 1 unspecified atom stereocenters. The van der Waals surface area contributed by atoms with Gasteiger partial charge in [-0.15, -0.1) is 0 Å². The highest BCUT2D eigenvalue weighted by Crippen LogP contribution is 2.16. The molecule has 0 saturated carbocycles. The summed E-state index contributed by atoms with van der Waals surface area (Å²) in [5.41, 5.74) is 1.88. The Morgan fingerprint density at radius 2 is 2.06 bits per heavy atom. The van der Waals surface area contributed by atoms with E-state index in [0.717, 1.165) is 6.07 Å². The van der Waals surface area contributed by atoms with Gasteiger partial charge in [0.2, 0.25) is 0 Å². The number of benzene rings is 1. The van der Waals surface area contributed by atoms with Gasteiger partial charge < -0.3 is 10.1 Å². The molecule has 1 N–H and O–H groups in total. The third-order valence-corrected chi connectivity index (χ3v) is 2.55. The first-order valence-corrected chi connectivity index (χ1v) is 5.85. The van der Waals surface area contributed by atoms with Gasteiger partial charge in [-0.05, 0) is 31.5 Å². The minimum atomic E-state index is -0.836. The lowest BCUT2D eigenvalue weighted by Gasteiger charge is -2.17. The van der Waals surface area contributed by atoms with E-state index >= 15 is 0 Å². The quantitative estimate of drug-likeness (QED) is 0.788. The maximum Gasteiger partial charge on any atom is 0.159 e. The van der Waals surface area contributed by atoms with E-state index in [2.05, 4.69) is 5.32 Å². The molecule has 0 aliphatic carbocycles. The van der Waals surface area contributed by atoms with E-state index in [-0.39, 0.29) is 6.04 Å². The van der Waals surface area contributed by atoms with Crippen LogP contribution in [0.4, 0.5) is 8.78 Å². The first kappa shape index (κ1) is 14.8. The number of allylic oxidation sites excluding steroid dienone is 1. The van der Waals surface area contributed by atoms with Crippen molar-refractivity contribution in [3.63, 3.8) is 0 Å². The molecule has 4 heteroatoms. The van der Waals surface area contributed by atoms with Crippen molar-refractivity contribution in [1.29, 1.82) is 0 Å². The molecule has 0 fully saturated rings. The van der Waals surface area contributed by atoms with Gasteiger partial charge >= 0.3 is 0 Å². The van der Waals surface area contributed by atoms with Gasteiger partial charge in [0.1, 0.15) is 0 Å². The zero-order valence-corrected chi connectivity index (χ0v) is 11.0. The van der Waals surface area contributed by atoms with E-state index in [4.69, 9.17) is 4.74 Å². The Labute approximate surface area is 107 Å². The molecule has 1 aromatic carbocycles. The molecule has 0 saturated heterocycles. The normalized spacial score (nSPS) is 12.3. The molecule has 0 heterocycles. The first-order valence-electron chi connectivity index (χ1n) is 5.85. The molecule has 1 atom stereocenters. The average Bonchev–Trinajstić information content (AvgIpc) is 2.31. The van der Waals surface area contributed by atoms with E-state index in [1.54, 1.807) is 13.2 Å². The summed E-state index contributed by atoms with van der Waals surface area (Å²) in [5, 5.41) is 3.22. The van der Waals surface area contributed by atoms with Gasteiger partial charge in [0, 0.05) is 13.7 Å². The summed E-state index contributed by atoms with van der Waals surface area (Å²) >= 11 is 0. The Bertz CT molecular complexity index is 414. The van der Waals surface area contributed by atoms with Gasteiger partial charge in [-0.25, -0.2) is 8.78 Å². The van der Waals surface area contributed by atoms with Crippen LogP contribution in [-0.2, 0) is 4.74 Å². The van der Waals surface area contributed by atoms with E-state index < -0.39 is 11.6 Å². The third kappa shape index (κ3) is 4.55. The zero-order valence-electron chi connectivity index (χ0n) is 11.0. The van der Waals surface area contributed by atoms with Crippen LogP contribution in [0.5, 0.6) is 0 Å². The van der Waals surface area contributed by atoms with Gasteiger partial charge in [-0.1, -0.05) is 17.7 Å². The number of ether oxygens (including phenoxy) is 1. The number of methoxy groups -OCH3 is 1. The van der Waals surface area contributed by atoms with Crippen molar-refractivity contribution in [2.45, 2.75) is 19.9 Å². The standard InChI is InChI=1S/C14H19F2NO/c1-10(2)6-7-17-14(9-18-3)11-4-5-12(15)13(16)8-11/h4-6,8,14,17H,7,9H2,1-3H3. The molecular weight excluding hydrogens is 236 g/mol. The fraction of sp³-hybridized carbons (Fsp3) is 0.429. The Morgan fingerprint density at radius 1 is 1.33 bits per heavy atom. The predicted molar refractivity (Wildman–Crippen MR) is 68.4 cm³/mol. The van der Waals surface area contributed by atoms with Crippen LogP contribution in [0.1, 0.15) is 25.5 Å². The number of hydrogen-bond donors (Lipinski definition) is 1. The monoisotopic (exact) mass is 255 g/mol. The molecule has 0 bridgehead atoms. The van der Waals surface area contributed by atoms with Crippen LogP contribution in [0.3, 0.4) is 0 Å². The first-order chi connectivity index (χ1) is 8.54. The Balaban J connectivity index is 2.76. The predicted octanol–water partition coefficient (Wildman–Crippen LogP) is 3.21. The lowest BCUT2D eigenvalue weighted by molar-refractivity contribution is 0.168. The van der Waals surface area contributed by atoms with Gasteiger partial charge in [0.25, 0.3) is 0 Å². The second-order valence-electron chi connectivity index (χ2n) is 4.37. The summed E-state index contributed by atoms with van der Waals surface area (Å²) in [6.07, 6.45) is 2.03. The van der Waals surface area contributed by atoms with E-state index in [1.807, 2.05) is 19.9 Å². The largest absolute Gasteiger partial charge is 0.383 e. The molecular formula is C14H19F2NO. The van der Waals surface area contributed by atoms with E-state index in [0.29, 0.717) is 18.7 Å². The molecule has 1 rings (SSSR count). The van der Waals surface area contributed by atoms with Crippen molar-refractivity contribution in [2.24, 2.45) is 0 Å². The highest BCUT2D eigenvalue weighted by atomic mass is 19.2. The molecule has 0 aliphatic heterocycles. The molecule has 0 radical (unpaired) electrons. The number of rotatable bonds is 6. The Kier molecular flexibility index (Phi) is 5.95. The van der Waals surface area contributed by atoms with Gasteiger partial charge in [-0.2, -0.15) is 0 Å². The van der Waals surface area contributed by atoms with Crippen LogP contribution in [0.2, 0.25) is 0 Å². The van der Waals surface area contributed by atoms with Crippen LogP contribution < -0.4 is 5.32 Å². The van der Waals surface area contributed by atoms with Crippen molar-refractivity contribution in [2.75, 3.05) is 20.3 Å². The second-order valence-corrected chi connectivity index (χ2v) is 4.37. The maximum atomic E-state index is 13.2. The summed E-state index contributed by atoms with van der Waals surface area (Å²) in [4.78, 5) is 0. The smallest absolute Gasteiger partial charge is 0.159 e. The summed E-state index contributed by atoms with van der Waals surface area (Å²) in [5.74, 6) is -1.67. The molecule has 0 spiro atoms. The lowest BCUT2D eigenvalue weighted by Crippen LogP contribution is -2.25. The SMILES string of the molecule is COCC(NCC=C(C)C)c1ccc(F)c(F)c1. The van der Waals surface area contributed by atoms with Gasteiger partial charge in [-0.3, -0.25) is 0 Å². The van der Waals surface area contributed by atoms with Crippen LogP contribution in [0, 0.1) is 11.6 Å². The third-order valence-electron chi connectivity index (χ3n) is 2.55. The Morgan fingerprint density at radius 3 is 2.61 bits per heavy atom. The highest BCUT2D eigenvalue weighted by molar-refractivity contribution is 5.21. The summed E-state index contributed by atoms with van der Waals surface area (Å²) in [7, 11) is 1.58. The summed E-state index contributed by atoms with van der Waals surface area (Å²) in [6.45, 7) is 5.08. The van der Waals surface area contributed by atoms with Crippen molar-refractivity contribution in [3.8, 4) is 0 Å². The van der Waals surface area contributed by atoms with Gasteiger partial charge in [0.05, 0.1) is 12.6 Å². The zero-order chi connectivity index (χ0) is 13.5. The fourth-order valence-corrected chi connectivity index (χ4v) is 1.57. The van der Waals surface area contributed by atoms with Crippen molar-refractivity contribution in [1.82, 2.24) is 5.32 Å². The molecule has 0 aromatic heterocycles. The summed E-state index contributed by atoms with van der Waals surface area (Å²) in [6, 6.07) is 3.75. The Hall–Kier alpha value is -1.26. The number of nitrogens with one attached hydrogen (secondary N) is 1. The fourth-order valence-electron chi connectivity index (χ4n) is 1.57. The van der Waals surface area contributed by atoms with Crippen LogP contribution >= 0.6 is 0 Å². The minimum Gasteiger partial charge on any atom is -0.383 e. The molecule has 100 valence electrons. The molecule has 2 nitrogen and oxygen atoms in total. The van der Waals surface area contributed by atoms with Crippen LogP contribution in [0.15, 0.2) is 29.8 Å². The van der Waals surface area contributed by atoms with E-state index in [9.17, 15) is 8.78 Å². The minimum absolute atomic E-state index is 0.152. The molecule has 18 heavy (non-hydrogen) atoms.